The van der Waals surface area contributed by atoms with Gasteiger partial charge in [0.15, 0.2) is 0 Å². The normalized spacial score (nSPS) is 15.9. The van der Waals surface area contributed by atoms with Crippen molar-refractivity contribution in [2.24, 2.45) is 0 Å². The van der Waals surface area contributed by atoms with E-state index in [1.165, 1.54) is 40.1 Å². The molecule has 1 amide bonds. The molecule has 0 atom stereocenters. The molecule has 0 radical (unpaired) electrons. The van der Waals surface area contributed by atoms with Gasteiger partial charge in [-0.25, -0.2) is 4.39 Å². The molecule has 1 aromatic heterocycles. The second-order valence-electron chi connectivity index (χ2n) is 5.54. The number of carboxylic acid groups (broad SMARTS) is 1. The van der Waals surface area contributed by atoms with Crippen molar-refractivity contribution < 1.29 is 19.1 Å². The Kier molecular flexibility index (Phi) is 5.85. The number of rotatable bonds is 6. The zero-order chi connectivity index (χ0) is 18.7. The van der Waals surface area contributed by atoms with Crippen LogP contribution in [-0.2, 0) is 9.59 Å². The lowest BCUT2D eigenvalue weighted by atomic mass is 10.2. The zero-order valence-electron chi connectivity index (χ0n) is 13.5. The summed E-state index contributed by atoms with van der Waals surface area (Å²) in [6.07, 6.45) is 2.15. The molecule has 8 heteroatoms. The number of benzene rings is 1. The van der Waals surface area contributed by atoms with E-state index in [9.17, 15) is 14.0 Å². The van der Waals surface area contributed by atoms with E-state index in [-0.39, 0.29) is 18.1 Å². The fourth-order valence-electron chi connectivity index (χ4n) is 2.41. The summed E-state index contributed by atoms with van der Waals surface area (Å²) in [6, 6.07) is 10.1. The predicted molar refractivity (Wildman–Crippen MR) is 106 cm³/mol. The third kappa shape index (κ3) is 4.38. The number of hydrogen-bond acceptors (Lipinski definition) is 5. The van der Waals surface area contributed by atoms with Gasteiger partial charge in [-0.15, -0.1) is 11.3 Å². The number of amides is 1. The molecule has 2 heterocycles. The van der Waals surface area contributed by atoms with Crippen LogP contribution in [0.1, 0.15) is 17.7 Å². The van der Waals surface area contributed by atoms with Gasteiger partial charge in [-0.1, -0.05) is 36.1 Å². The number of aliphatic carboxylic acids is 1. The second-order valence-corrected chi connectivity index (χ2v) is 8.33. The van der Waals surface area contributed by atoms with Gasteiger partial charge in [-0.05, 0) is 42.3 Å². The molecule has 26 heavy (non-hydrogen) atoms. The molecule has 0 bridgehead atoms. The summed E-state index contributed by atoms with van der Waals surface area (Å²) in [5.74, 6) is -1.36. The number of carboxylic acids is 1. The number of thioether (sulfide) groups is 1. The van der Waals surface area contributed by atoms with Crippen LogP contribution in [-0.4, -0.2) is 32.7 Å². The van der Waals surface area contributed by atoms with Crippen LogP contribution in [0.15, 0.2) is 41.3 Å². The van der Waals surface area contributed by atoms with Gasteiger partial charge in [0.25, 0.3) is 5.91 Å². The summed E-state index contributed by atoms with van der Waals surface area (Å²) in [5, 5.41) is 8.71. The van der Waals surface area contributed by atoms with E-state index in [0.29, 0.717) is 22.2 Å². The second kappa shape index (κ2) is 8.11. The summed E-state index contributed by atoms with van der Waals surface area (Å²) >= 11 is 7.95. The van der Waals surface area contributed by atoms with E-state index in [0.717, 1.165) is 15.3 Å². The zero-order valence-corrected chi connectivity index (χ0v) is 15.9. The molecule has 1 fully saturated rings. The summed E-state index contributed by atoms with van der Waals surface area (Å²) in [7, 11) is 0. The van der Waals surface area contributed by atoms with Crippen molar-refractivity contribution in [1.82, 2.24) is 4.90 Å². The fourth-order valence-corrected chi connectivity index (χ4v) is 4.74. The highest BCUT2D eigenvalue weighted by Gasteiger charge is 2.31. The Morgan fingerprint density at radius 3 is 2.65 bits per heavy atom. The molecule has 3 rings (SSSR count). The molecular formula is C18H14FNO3S3. The maximum Gasteiger partial charge on any atom is 0.303 e. The van der Waals surface area contributed by atoms with Gasteiger partial charge in [0.2, 0.25) is 0 Å². The topological polar surface area (TPSA) is 57.6 Å². The molecule has 1 saturated heterocycles. The van der Waals surface area contributed by atoms with Crippen LogP contribution < -0.4 is 0 Å². The molecule has 2 aromatic rings. The van der Waals surface area contributed by atoms with Gasteiger partial charge in [0, 0.05) is 22.7 Å². The summed E-state index contributed by atoms with van der Waals surface area (Å²) in [6.45, 7) is 0.305. The summed E-state index contributed by atoms with van der Waals surface area (Å²) in [4.78, 5) is 26.9. The van der Waals surface area contributed by atoms with Crippen molar-refractivity contribution in [3.63, 3.8) is 0 Å². The minimum absolute atomic E-state index is 0.00205. The standard InChI is InChI=1S/C18H14FNO3S3/c19-12-5-3-11(4-6-12)14-8-7-13(25-14)10-15-17(23)20(18(24)26-15)9-1-2-16(21)22/h3-8,10H,1-2,9H2,(H,21,22)/b15-10+. The predicted octanol–water partition coefficient (Wildman–Crippen LogP) is 4.62. The quantitative estimate of drug-likeness (QED) is 0.559. The van der Waals surface area contributed by atoms with Gasteiger partial charge in [0.1, 0.15) is 10.1 Å². The Morgan fingerprint density at radius 2 is 1.96 bits per heavy atom. The third-order valence-corrected chi connectivity index (χ3v) is 6.13. The molecule has 1 aromatic carbocycles. The monoisotopic (exact) mass is 407 g/mol. The van der Waals surface area contributed by atoms with Gasteiger partial charge < -0.3 is 5.11 Å². The van der Waals surface area contributed by atoms with Crippen molar-refractivity contribution in [3.05, 3.63) is 52.0 Å². The molecule has 1 aliphatic heterocycles. The number of thiocarbonyl (C=S) groups is 1. The lowest BCUT2D eigenvalue weighted by Crippen LogP contribution is -2.29. The van der Waals surface area contributed by atoms with Gasteiger partial charge >= 0.3 is 5.97 Å². The molecule has 0 saturated carbocycles. The summed E-state index contributed by atoms with van der Waals surface area (Å²) < 4.78 is 13.5. The largest absolute Gasteiger partial charge is 0.481 e. The molecule has 0 spiro atoms. The first kappa shape index (κ1) is 18.8. The molecule has 1 N–H and O–H groups in total. The number of thiophene rings is 1. The van der Waals surface area contributed by atoms with Crippen LogP contribution in [0.25, 0.3) is 16.5 Å². The first-order chi connectivity index (χ1) is 12.4. The SMILES string of the molecule is O=C(O)CCCN1C(=O)/C(=C\c2ccc(-c3ccc(F)cc3)s2)SC1=S. The Labute approximate surface area is 163 Å². The van der Waals surface area contributed by atoms with Crippen molar-refractivity contribution >= 4 is 57.6 Å². The van der Waals surface area contributed by atoms with Gasteiger partial charge in [-0.3, -0.25) is 14.5 Å². The van der Waals surface area contributed by atoms with Crippen molar-refractivity contribution in [2.75, 3.05) is 6.54 Å². The third-order valence-electron chi connectivity index (χ3n) is 3.67. The first-order valence-electron chi connectivity index (χ1n) is 7.77. The maximum atomic E-state index is 13.0. The lowest BCUT2D eigenvalue weighted by molar-refractivity contribution is -0.137. The number of carbonyl (C=O) groups excluding carboxylic acids is 1. The van der Waals surface area contributed by atoms with Crippen molar-refractivity contribution in [3.8, 4) is 10.4 Å². The van der Waals surface area contributed by atoms with Crippen molar-refractivity contribution in [2.45, 2.75) is 12.8 Å². The number of nitrogens with zero attached hydrogens (tertiary/aromatic N) is 1. The fraction of sp³-hybridized carbons (Fsp3) is 0.167. The Hall–Kier alpha value is -2.03. The van der Waals surface area contributed by atoms with E-state index in [2.05, 4.69) is 0 Å². The van der Waals surface area contributed by atoms with Crippen LogP contribution in [0.4, 0.5) is 4.39 Å². The number of halogens is 1. The van der Waals surface area contributed by atoms with Crippen LogP contribution in [0.5, 0.6) is 0 Å². The van der Waals surface area contributed by atoms with Crippen LogP contribution in [0, 0.1) is 5.82 Å². The number of carbonyl (C=O) groups is 2. The van der Waals surface area contributed by atoms with Crippen molar-refractivity contribution in [1.29, 1.82) is 0 Å². The lowest BCUT2D eigenvalue weighted by Gasteiger charge is -2.13. The molecular weight excluding hydrogens is 393 g/mol. The number of hydrogen-bond donors (Lipinski definition) is 1. The molecule has 134 valence electrons. The van der Waals surface area contributed by atoms with Gasteiger partial charge in [-0.2, -0.15) is 0 Å². The Balaban J connectivity index is 1.72. The molecule has 0 aliphatic carbocycles. The highest BCUT2D eigenvalue weighted by Crippen LogP contribution is 2.35. The average molecular weight is 408 g/mol. The minimum Gasteiger partial charge on any atom is -0.481 e. The van der Waals surface area contributed by atoms with E-state index in [4.69, 9.17) is 17.3 Å². The van der Waals surface area contributed by atoms with E-state index < -0.39 is 5.97 Å². The minimum atomic E-state index is -0.891. The smallest absolute Gasteiger partial charge is 0.303 e. The highest BCUT2D eigenvalue weighted by molar-refractivity contribution is 8.26. The maximum absolute atomic E-state index is 13.0. The van der Waals surface area contributed by atoms with E-state index >= 15 is 0 Å². The first-order valence-corrected chi connectivity index (χ1v) is 9.81. The molecule has 1 aliphatic rings. The average Bonchev–Trinajstić information content (AvgIpc) is 3.15. The van der Waals surface area contributed by atoms with Crippen LogP contribution in [0.3, 0.4) is 0 Å². The highest BCUT2D eigenvalue weighted by atomic mass is 32.2. The van der Waals surface area contributed by atoms with Gasteiger partial charge in [0.05, 0.1) is 4.91 Å². The summed E-state index contributed by atoms with van der Waals surface area (Å²) in [5.41, 5.74) is 0.914. The Morgan fingerprint density at radius 1 is 1.23 bits per heavy atom. The van der Waals surface area contributed by atoms with E-state index in [1.807, 2.05) is 12.1 Å². The van der Waals surface area contributed by atoms with E-state index in [1.54, 1.807) is 18.2 Å². The van der Waals surface area contributed by atoms with Crippen LogP contribution in [0.2, 0.25) is 0 Å². The van der Waals surface area contributed by atoms with Crippen LogP contribution >= 0.6 is 35.3 Å². The molecule has 4 nitrogen and oxygen atoms in total. The Bertz CT molecular complexity index is 889. The molecule has 0 unspecified atom stereocenters.